The highest BCUT2D eigenvalue weighted by molar-refractivity contribution is 7.90. The van der Waals surface area contributed by atoms with Crippen molar-refractivity contribution in [3.8, 4) is 0 Å². The van der Waals surface area contributed by atoms with Crippen molar-refractivity contribution in [2.75, 3.05) is 37.3 Å². The molecule has 0 spiro atoms. The lowest BCUT2D eigenvalue weighted by atomic mass is 10.1. The topological polar surface area (TPSA) is 57.7 Å². The molecule has 0 N–H and O–H groups in total. The average Bonchev–Trinajstić information content (AvgIpc) is 2.61. The number of benzene rings is 2. The highest BCUT2D eigenvalue weighted by Crippen LogP contribution is 2.23. The van der Waals surface area contributed by atoms with Crippen LogP contribution in [0, 0.1) is 0 Å². The summed E-state index contributed by atoms with van der Waals surface area (Å²) in [6, 6.07) is 14.3. The lowest BCUT2D eigenvalue weighted by molar-refractivity contribution is 0.0746. The molecular weight excluding hydrogens is 360 g/mol. The molecule has 132 valence electrons. The Balaban J connectivity index is 1.75. The number of amides is 1. The van der Waals surface area contributed by atoms with Gasteiger partial charge >= 0.3 is 0 Å². The number of piperazine rings is 1. The van der Waals surface area contributed by atoms with E-state index in [9.17, 15) is 13.2 Å². The summed E-state index contributed by atoms with van der Waals surface area (Å²) in [5.74, 6) is -0.233. The van der Waals surface area contributed by atoms with Gasteiger partial charge in [-0.3, -0.25) is 4.79 Å². The van der Waals surface area contributed by atoms with Crippen molar-refractivity contribution in [2.45, 2.75) is 4.90 Å². The van der Waals surface area contributed by atoms with Gasteiger partial charge in [-0.25, -0.2) is 8.42 Å². The summed E-state index contributed by atoms with van der Waals surface area (Å²) in [6.07, 6.45) is 1.11. The van der Waals surface area contributed by atoms with E-state index >= 15 is 0 Å². The first-order chi connectivity index (χ1) is 11.9. The number of sulfone groups is 1. The van der Waals surface area contributed by atoms with E-state index in [1.807, 2.05) is 30.3 Å². The summed E-state index contributed by atoms with van der Waals surface area (Å²) >= 11 is 6.13. The van der Waals surface area contributed by atoms with Gasteiger partial charge in [-0.1, -0.05) is 29.8 Å². The van der Waals surface area contributed by atoms with Gasteiger partial charge in [0.25, 0.3) is 5.91 Å². The molecule has 0 atom stereocenters. The standard InChI is InChI=1S/C18H19ClN2O3S/c1-25(23,24)15-7-8-17(19)16(13-15)18(22)21-11-9-20(10-12-21)14-5-3-2-4-6-14/h2-8,13H,9-12H2,1H3. The highest BCUT2D eigenvalue weighted by Gasteiger charge is 2.24. The number of halogens is 1. The van der Waals surface area contributed by atoms with Crippen molar-refractivity contribution in [3.63, 3.8) is 0 Å². The monoisotopic (exact) mass is 378 g/mol. The van der Waals surface area contributed by atoms with Crippen LogP contribution in [0.2, 0.25) is 5.02 Å². The number of hydrogen-bond donors (Lipinski definition) is 0. The van der Waals surface area contributed by atoms with E-state index in [-0.39, 0.29) is 21.4 Å². The Kier molecular flexibility index (Phi) is 5.01. The van der Waals surface area contributed by atoms with Gasteiger partial charge in [0.15, 0.2) is 9.84 Å². The van der Waals surface area contributed by atoms with Crippen LogP contribution in [-0.2, 0) is 9.84 Å². The third-order valence-corrected chi connectivity index (χ3v) is 5.72. The van der Waals surface area contributed by atoms with Crippen LogP contribution < -0.4 is 4.90 Å². The average molecular weight is 379 g/mol. The van der Waals surface area contributed by atoms with Crippen molar-refractivity contribution in [3.05, 3.63) is 59.1 Å². The molecule has 25 heavy (non-hydrogen) atoms. The molecule has 2 aromatic rings. The molecule has 1 aliphatic rings. The van der Waals surface area contributed by atoms with E-state index in [0.29, 0.717) is 13.1 Å². The zero-order valence-electron chi connectivity index (χ0n) is 13.9. The van der Waals surface area contributed by atoms with E-state index in [1.165, 1.54) is 18.2 Å². The first-order valence-electron chi connectivity index (χ1n) is 7.95. The van der Waals surface area contributed by atoms with Crippen LogP contribution in [0.15, 0.2) is 53.4 Å². The summed E-state index contributed by atoms with van der Waals surface area (Å²) in [4.78, 5) is 16.8. The molecule has 3 rings (SSSR count). The largest absolute Gasteiger partial charge is 0.368 e. The van der Waals surface area contributed by atoms with Crippen molar-refractivity contribution in [2.24, 2.45) is 0 Å². The van der Waals surface area contributed by atoms with Gasteiger partial charge in [0, 0.05) is 38.1 Å². The predicted octanol–water partition coefficient (Wildman–Crippen LogP) is 2.71. The highest BCUT2D eigenvalue weighted by atomic mass is 35.5. The molecule has 0 unspecified atom stereocenters. The van der Waals surface area contributed by atoms with Gasteiger partial charge in [0.1, 0.15) is 0 Å². The number of hydrogen-bond acceptors (Lipinski definition) is 4. The Hall–Kier alpha value is -2.05. The Bertz CT molecular complexity index is 876. The van der Waals surface area contributed by atoms with Crippen LogP contribution in [0.25, 0.3) is 0 Å². The molecule has 0 aromatic heterocycles. The first-order valence-corrected chi connectivity index (χ1v) is 10.2. The molecule has 0 saturated carbocycles. The second kappa shape index (κ2) is 7.06. The SMILES string of the molecule is CS(=O)(=O)c1ccc(Cl)c(C(=O)N2CCN(c3ccccc3)CC2)c1. The van der Waals surface area contributed by atoms with E-state index < -0.39 is 9.84 Å². The van der Waals surface area contributed by atoms with Crippen LogP contribution in [0.4, 0.5) is 5.69 Å². The second-order valence-corrected chi connectivity index (χ2v) is 8.45. The molecule has 1 saturated heterocycles. The number of nitrogens with zero attached hydrogens (tertiary/aromatic N) is 2. The van der Waals surface area contributed by atoms with Crippen molar-refractivity contribution in [1.82, 2.24) is 4.90 Å². The number of anilines is 1. The van der Waals surface area contributed by atoms with E-state index in [4.69, 9.17) is 11.6 Å². The third-order valence-electron chi connectivity index (χ3n) is 4.28. The minimum absolute atomic E-state index is 0.100. The summed E-state index contributed by atoms with van der Waals surface area (Å²) < 4.78 is 23.4. The van der Waals surface area contributed by atoms with E-state index in [2.05, 4.69) is 4.90 Å². The Morgan fingerprint density at radius 3 is 2.24 bits per heavy atom. The Morgan fingerprint density at radius 2 is 1.64 bits per heavy atom. The summed E-state index contributed by atoms with van der Waals surface area (Å²) in [5.41, 5.74) is 1.37. The molecule has 1 heterocycles. The number of para-hydroxylation sites is 1. The van der Waals surface area contributed by atoms with Crippen molar-refractivity contribution in [1.29, 1.82) is 0 Å². The normalized spacial score (nSPS) is 15.3. The van der Waals surface area contributed by atoms with Crippen LogP contribution in [0.1, 0.15) is 10.4 Å². The van der Waals surface area contributed by atoms with E-state index in [1.54, 1.807) is 4.90 Å². The maximum Gasteiger partial charge on any atom is 0.255 e. The Morgan fingerprint density at radius 1 is 1.00 bits per heavy atom. The van der Waals surface area contributed by atoms with Crippen molar-refractivity contribution < 1.29 is 13.2 Å². The molecule has 1 fully saturated rings. The van der Waals surface area contributed by atoms with Gasteiger partial charge in [-0.15, -0.1) is 0 Å². The molecule has 7 heteroatoms. The van der Waals surface area contributed by atoms with Gasteiger partial charge in [0.2, 0.25) is 0 Å². The lowest BCUT2D eigenvalue weighted by Crippen LogP contribution is -2.48. The summed E-state index contributed by atoms with van der Waals surface area (Å²) in [7, 11) is -3.39. The van der Waals surface area contributed by atoms with E-state index in [0.717, 1.165) is 25.0 Å². The molecule has 0 aliphatic carbocycles. The first kappa shape index (κ1) is 17.8. The molecule has 0 bridgehead atoms. The number of carbonyl (C=O) groups is 1. The fourth-order valence-corrected chi connectivity index (χ4v) is 3.72. The van der Waals surface area contributed by atoms with Gasteiger partial charge < -0.3 is 9.80 Å². The van der Waals surface area contributed by atoms with Gasteiger partial charge in [-0.05, 0) is 30.3 Å². The molecule has 0 radical (unpaired) electrons. The van der Waals surface area contributed by atoms with Crippen LogP contribution >= 0.6 is 11.6 Å². The van der Waals surface area contributed by atoms with Crippen LogP contribution in [0.5, 0.6) is 0 Å². The number of rotatable bonds is 3. The fourth-order valence-electron chi connectivity index (χ4n) is 2.88. The summed E-state index contributed by atoms with van der Waals surface area (Å²) in [5, 5.41) is 0.267. The molecule has 1 amide bonds. The van der Waals surface area contributed by atoms with Crippen molar-refractivity contribution >= 4 is 33.0 Å². The minimum Gasteiger partial charge on any atom is -0.368 e. The molecule has 2 aromatic carbocycles. The predicted molar refractivity (Wildman–Crippen MR) is 99.1 cm³/mol. The maximum atomic E-state index is 12.8. The third kappa shape index (κ3) is 3.96. The smallest absolute Gasteiger partial charge is 0.255 e. The molecular formula is C18H19ClN2O3S. The lowest BCUT2D eigenvalue weighted by Gasteiger charge is -2.36. The minimum atomic E-state index is -3.39. The van der Waals surface area contributed by atoms with Crippen LogP contribution in [-0.4, -0.2) is 51.7 Å². The zero-order chi connectivity index (χ0) is 18.0. The second-order valence-electron chi connectivity index (χ2n) is 6.03. The Labute approximate surface area is 152 Å². The molecule has 1 aliphatic heterocycles. The zero-order valence-corrected chi connectivity index (χ0v) is 15.4. The quantitative estimate of drug-likeness (QED) is 0.824. The maximum absolute atomic E-state index is 12.8. The van der Waals surface area contributed by atoms with Gasteiger partial charge in [0.05, 0.1) is 15.5 Å². The summed E-state index contributed by atoms with van der Waals surface area (Å²) in [6.45, 7) is 2.57. The van der Waals surface area contributed by atoms with Crippen LogP contribution in [0.3, 0.4) is 0 Å². The van der Waals surface area contributed by atoms with Gasteiger partial charge in [-0.2, -0.15) is 0 Å². The number of carbonyl (C=O) groups excluding carboxylic acids is 1. The molecule has 5 nitrogen and oxygen atoms in total. The fraction of sp³-hybridized carbons (Fsp3) is 0.278.